The Hall–Kier alpha value is -2.17. The standard InChI is InChI=1S/C20H20Cl2N2O6S/c1-13-5-6-14(31(27,28)24-7-9-29-10-8-24)11-15(13)20(26)30-12-18(25)23-19-16(21)3-2-4-17(19)22/h2-6,11H,7-10,12H2,1H3,(H,23,25). The third-order valence-corrected chi connectivity index (χ3v) is 7.12. The molecule has 1 heterocycles. The normalized spacial score (nSPS) is 14.8. The summed E-state index contributed by atoms with van der Waals surface area (Å²) in [6.07, 6.45) is 0. The van der Waals surface area contributed by atoms with Crippen LogP contribution in [0.15, 0.2) is 41.3 Å². The molecule has 0 radical (unpaired) electrons. The van der Waals surface area contributed by atoms with Gasteiger partial charge >= 0.3 is 5.97 Å². The molecule has 0 bridgehead atoms. The third kappa shape index (κ3) is 5.55. The van der Waals surface area contributed by atoms with E-state index in [9.17, 15) is 18.0 Å². The van der Waals surface area contributed by atoms with Crippen LogP contribution in [0.4, 0.5) is 5.69 Å². The van der Waals surface area contributed by atoms with Crippen LogP contribution in [-0.2, 0) is 24.3 Å². The van der Waals surface area contributed by atoms with Crippen LogP contribution < -0.4 is 5.32 Å². The predicted octanol–water partition coefficient (Wildman–Crippen LogP) is 3.12. The van der Waals surface area contributed by atoms with Crippen LogP contribution in [0.2, 0.25) is 10.0 Å². The molecule has 1 fully saturated rings. The van der Waals surface area contributed by atoms with Crippen molar-refractivity contribution in [1.29, 1.82) is 0 Å². The zero-order valence-corrected chi connectivity index (χ0v) is 18.9. The molecule has 0 atom stereocenters. The number of halogens is 2. The van der Waals surface area contributed by atoms with Crippen molar-refractivity contribution in [2.45, 2.75) is 11.8 Å². The van der Waals surface area contributed by atoms with E-state index in [-0.39, 0.29) is 39.3 Å². The Kier molecular flexibility index (Phi) is 7.55. The monoisotopic (exact) mass is 486 g/mol. The number of esters is 1. The highest BCUT2D eigenvalue weighted by molar-refractivity contribution is 7.89. The Morgan fingerprint density at radius 3 is 2.42 bits per heavy atom. The van der Waals surface area contributed by atoms with Gasteiger partial charge in [-0.05, 0) is 36.8 Å². The molecule has 31 heavy (non-hydrogen) atoms. The summed E-state index contributed by atoms with van der Waals surface area (Å²) in [6.45, 7) is 2.14. The van der Waals surface area contributed by atoms with Crippen molar-refractivity contribution in [2.24, 2.45) is 0 Å². The van der Waals surface area contributed by atoms with Crippen molar-refractivity contribution < 1.29 is 27.5 Å². The molecule has 1 aliphatic heterocycles. The molecule has 1 aliphatic rings. The maximum Gasteiger partial charge on any atom is 0.338 e. The molecule has 8 nitrogen and oxygen atoms in total. The molecule has 0 unspecified atom stereocenters. The van der Waals surface area contributed by atoms with Gasteiger partial charge in [0.15, 0.2) is 6.61 Å². The number of morpholine rings is 1. The number of para-hydroxylation sites is 1. The number of anilines is 1. The van der Waals surface area contributed by atoms with E-state index in [0.29, 0.717) is 18.8 Å². The molecular weight excluding hydrogens is 467 g/mol. The summed E-state index contributed by atoms with van der Waals surface area (Å²) in [5.41, 5.74) is 0.778. The summed E-state index contributed by atoms with van der Waals surface area (Å²) in [7, 11) is -3.78. The molecule has 1 saturated heterocycles. The average Bonchev–Trinajstić information content (AvgIpc) is 2.75. The van der Waals surface area contributed by atoms with E-state index in [1.54, 1.807) is 25.1 Å². The fourth-order valence-electron chi connectivity index (χ4n) is 2.92. The van der Waals surface area contributed by atoms with Gasteiger partial charge in [0.25, 0.3) is 5.91 Å². The number of carbonyl (C=O) groups excluding carboxylic acids is 2. The highest BCUT2D eigenvalue weighted by Crippen LogP contribution is 2.29. The zero-order valence-electron chi connectivity index (χ0n) is 16.6. The summed E-state index contributed by atoms with van der Waals surface area (Å²) in [6, 6.07) is 8.94. The van der Waals surface area contributed by atoms with Crippen molar-refractivity contribution >= 4 is 50.8 Å². The zero-order chi connectivity index (χ0) is 22.6. The summed E-state index contributed by atoms with van der Waals surface area (Å²) >= 11 is 12.0. The predicted molar refractivity (Wildman–Crippen MR) is 116 cm³/mol. The lowest BCUT2D eigenvalue weighted by Crippen LogP contribution is -2.40. The summed E-state index contributed by atoms with van der Waals surface area (Å²) in [5, 5.41) is 2.96. The Bertz CT molecular complexity index is 1080. The van der Waals surface area contributed by atoms with Gasteiger partial charge in [0, 0.05) is 13.1 Å². The van der Waals surface area contributed by atoms with Crippen LogP contribution in [0.25, 0.3) is 0 Å². The molecule has 0 saturated carbocycles. The van der Waals surface area contributed by atoms with Gasteiger partial charge in [-0.3, -0.25) is 4.79 Å². The average molecular weight is 487 g/mol. The molecule has 1 amide bonds. The van der Waals surface area contributed by atoms with Gasteiger partial charge in [0.1, 0.15) is 0 Å². The third-order valence-electron chi connectivity index (χ3n) is 4.60. The lowest BCUT2D eigenvalue weighted by molar-refractivity contribution is -0.119. The SMILES string of the molecule is Cc1ccc(S(=O)(=O)N2CCOCC2)cc1C(=O)OCC(=O)Nc1c(Cl)cccc1Cl. The van der Waals surface area contributed by atoms with Gasteiger partial charge < -0.3 is 14.8 Å². The molecule has 3 rings (SSSR count). The van der Waals surface area contributed by atoms with Gasteiger partial charge in [-0.15, -0.1) is 0 Å². The van der Waals surface area contributed by atoms with Crippen molar-refractivity contribution in [3.8, 4) is 0 Å². The van der Waals surface area contributed by atoms with Crippen LogP contribution in [0, 0.1) is 6.92 Å². The number of hydrogen-bond donors (Lipinski definition) is 1. The molecule has 11 heteroatoms. The minimum absolute atomic E-state index is 0.0285. The van der Waals surface area contributed by atoms with E-state index < -0.39 is 28.5 Å². The second-order valence-electron chi connectivity index (χ2n) is 6.71. The molecule has 0 aliphatic carbocycles. The first kappa shape index (κ1) is 23.5. The Morgan fingerprint density at radius 1 is 1.13 bits per heavy atom. The van der Waals surface area contributed by atoms with Gasteiger partial charge in [0.05, 0.1) is 39.4 Å². The minimum Gasteiger partial charge on any atom is -0.452 e. The molecule has 2 aromatic rings. The molecule has 0 spiro atoms. The number of carbonyl (C=O) groups is 2. The quantitative estimate of drug-likeness (QED) is 0.629. The summed E-state index contributed by atoms with van der Waals surface area (Å²) in [5.74, 6) is -1.46. The van der Waals surface area contributed by atoms with Crippen molar-refractivity contribution in [3.63, 3.8) is 0 Å². The fourth-order valence-corrected chi connectivity index (χ4v) is 4.85. The maximum absolute atomic E-state index is 12.8. The number of nitrogens with zero attached hydrogens (tertiary/aromatic N) is 1. The number of rotatable bonds is 6. The van der Waals surface area contributed by atoms with Crippen LogP contribution in [0.1, 0.15) is 15.9 Å². The van der Waals surface area contributed by atoms with E-state index in [2.05, 4.69) is 5.32 Å². The number of aryl methyl sites for hydroxylation is 1. The highest BCUT2D eigenvalue weighted by Gasteiger charge is 2.27. The molecule has 2 aromatic carbocycles. The van der Waals surface area contributed by atoms with Crippen LogP contribution >= 0.6 is 23.2 Å². The number of hydrogen-bond acceptors (Lipinski definition) is 6. The van der Waals surface area contributed by atoms with E-state index in [0.717, 1.165) is 0 Å². The lowest BCUT2D eigenvalue weighted by atomic mass is 10.1. The fraction of sp³-hybridized carbons (Fsp3) is 0.300. The topological polar surface area (TPSA) is 102 Å². The first-order valence-electron chi connectivity index (χ1n) is 9.29. The second kappa shape index (κ2) is 9.97. The first-order valence-corrected chi connectivity index (χ1v) is 11.5. The molecular formula is C20H20Cl2N2O6S. The largest absolute Gasteiger partial charge is 0.452 e. The second-order valence-corrected chi connectivity index (χ2v) is 9.47. The van der Waals surface area contributed by atoms with Crippen molar-refractivity contribution in [2.75, 3.05) is 38.2 Å². The van der Waals surface area contributed by atoms with Crippen LogP contribution in [-0.4, -0.2) is 57.5 Å². The molecule has 1 N–H and O–H groups in total. The van der Waals surface area contributed by atoms with E-state index in [1.165, 1.54) is 22.5 Å². The molecule has 0 aromatic heterocycles. The smallest absolute Gasteiger partial charge is 0.338 e. The van der Waals surface area contributed by atoms with E-state index in [4.69, 9.17) is 32.7 Å². The number of benzene rings is 2. The summed E-state index contributed by atoms with van der Waals surface area (Å²) in [4.78, 5) is 24.7. The van der Waals surface area contributed by atoms with Gasteiger partial charge in [-0.1, -0.05) is 35.3 Å². The van der Waals surface area contributed by atoms with Crippen molar-refractivity contribution in [1.82, 2.24) is 4.31 Å². The summed E-state index contributed by atoms with van der Waals surface area (Å²) < 4.78 is 37.2. The van der Waals surface area contributed by atoms with E-state index in [1.807, 2.05) is 0 Å². The molecule has 166 valence electrons. The number of amides is 1. The lowest BCUT2D eigenvalue weighted by Gasteiger charge is -2.26. The number of nitrogens with one attached hydrogen (secondary N) is 1. The van der Waals surface area contributed by atoms with Crippen LogP contribution in [0.5, 0.6) is 0 Å². The number of ether oxygens (including phenoxy) is 2. The van der Waals surface area contributed by atoms with Crippen LogP contribution in [0.3, 0.4) is 0 Å². The Morgan fingerprint density at radius 2 is 1.77 bits per heavy atom. The van der Waals surface area contributed by atoms with E-state index >= 15 is 0 Å². The minimum atomic E-state index is -3.78. The Labute approximate surface area is 190 Å². The van der Waals surface area contributed by atoms with Gasteiger partial charge in [-0.2, -0.15) is 4.31 Å². The number of sulfonamides is 1. The van der Waals surface area contributed by atoms with Crippen molar-refractivity contribution in [3.05, 3.63) is 57.6 Å². The highest BCUT2D eigenvalue weighted by atomic mass is 35.5. The van der Waals surface area contributed by atoms with Gasteiger partial charge in [-0.25, -0.2) is 13.2 Å². The van der Waals surface area contributed by atoms with Gasteiger partial charge in [0.2, 0.25) is 10.0 Å². The first-order chi connectivity index (χ1) is 14.7. The maximum atomic E-state index is 12.8. The Balaban J connectivity index is 1.70.